The Morgan fingerprint density at radius 3 is 1.61 bits per heavy atom. The summed E-state index contributed by atoms with van der Waals surface area (Å²) in [5.41, 5.74) is 10.7. The van der Waals surface area contributed by atoms with Gasteiger partial charge in [0, 0.05) is 0 Å². The first-order valence-electron chi connectivity index (χ1n) is 14.6. The van der Waals surface area contributed by atoms with E-state index in [1.54, 1.807) is 0 Å². The summed E-state index contributed by atoms with van der Waals surface area (Å²) in [4.78, 5) is 0. The standard InChI is InChI=1S/C21H25.2C7H6Cl.C5H5.CH2.2ClH.Zr/c1-20(2,3)16-9-7-14-11-15-8-10-17(21(4,5)6)13-19(15)18(14)12-16;2*1-6-3-2-4-7(8)5-6;1-2-4-5-3-1;;;;/h7,9-10,12-13H,11H2,1-6H3;2*2-5H,1H2;1-3H,4H2;1H2;2*1H;/q4*-1;;;;. The molecule has 0 saturated heterocycles. The van der Waals surface area contributed by atoms with Crippen molar-refractivity contribution >= 4 is 52.2 Å². The molecule has 0 nitrogen and oxygen atoms in total. The fourth-order valence-electron chi connectivity index (χ4n) is 4.40. The second-order valence-electron chi connectivity index (χ2n) is 12.6. The van der Waals surface area contributed by atoms with Gasteiger partial charge in [-0.25, -0.2) is 12.2 Å². The summed E-state index contributed by atoms with van der Waals surface area (Å²) in [5.74, 6) is 0. The van der Waals surface area contributed by atoms with Crippen LogP contribution in [0.5, 0.6) is 0 Å². The molecule has 0 aliphatic heterocycles. The summed E-state index contributed by atoms with van der Waals surface area (Å²) in [7, 11) is 0. The summed E-state index contributed by atoms with van der Waals surface area (Å²) in [6.45, 7) is 21.0. The van der Waals surface area contributed by atoms with Gasteiger partial charge in [0.1, 0.15) is 0 Å². The van der Waals surface area contributed by atoms with E-state index in [9.17, 15) is 0 Å². The van der Waals surface area contributed by atoms with Crippen molar-refractivity contribution in [2.45, 2.75) is 65.2 Å². The molecule has 46 heavy (non-hydrogen) atoms. The molecule has 4 aromatic rings. The van der Waals surface area contributed by atoms with Crippen LogP contribution in [0.3, 0.4) is 0 Å². The SMILES string of the molecule is CC(C)(C)c1c[c-]c2c(c1)-c1cc(C(C)(C)C)ccc1C2.Cl.Cl.[C-]1=CC=CC1.[CH2-]c1cccc(Cl)c1.[CH2-]c1cccc(Cl)c1.[CH2]=[Zr]. The van der Waals surface area contributed by atoms with Gasteiger partial charge in [-0.2, -0.15) is 72.5 Å². The average molecular weight is 772 g/mol. The molecule has 2 aliphatic rings. The number of halogens is 4. The van der Waals surface area contributed by atoms with Gasteiger partial charge in [-0.05, 0) is 27.4 Å². The van der Waals surface area contributed by atoms with Crippen LogP contribution in [0.15, 0.2) is 97.1 Å². The fourth-order valence-corrected chi connectivity index (χ4v) is 4.82. The van der Waals surface area contributed by atoms with Crippen LogP contribution in [-0.4, -0.2) is 4.21 Å². The Hall–Kier alpha value is -1.99. The molecule has 246 valence electrons. The average Bonchev–Trinajstić information content (AvgIpc) is 3.65. The molecule has 0 saturated carbocycles. The first-order chi connectivity index (χ1) is 20.7. The summed E-state index contributed by atoms with van der Waals surface area (Å²) in [6, 6.07) is 29.9. The zero-order chi connectivity index (χ0) is 32.9. The Morgan fingerprint density at radius 2 is 1.24 bits per heavy atom. The van der Waals surface area contributed by atoms with Crippen molar-refractivity contribution in [3.05, 3.63) is 167 Å². The van der Waals surface area contributed by atoms with E-state index in [2.05, 4.69) is 108 Å². The Morgan fingerprint density at radius 1 is 0.717 bits per heavy atom. The van der Waals surface area contributed by atoms with E-state index in [0.717, 1.165) is 34.0 Å². The summed E-state index contributed by atoms with van der Waals surface area (Å²) in [6.07, 6.45) is 11.0. The Bertz CT molecular complexity index is 1410. The Balaban J connectivity index is 0.000000669. The molecule has 4 aromatic carbocycles. The van der Waals surface area contributed by atoms with Crippen LogP contribution in [0, 0.1) is 26.0 Å². The van der Waals surface area contributed by atoms with Crippen molar-refractivity contribution in [1.29, 1.82) is 0 Å². The van der Waals surface area contributed by atoms with Gasteiger partial charge in [-0.15, -0.1) is 61.1 Å². The second kappa shape index (κ2) is 21.1. The number of benzene rings is 4. The van der Waals surface area contributed by atoms with Crippen molar-refractivity contribution < 1.29 is 24.2 Å². The predicted octanol–water partition coefficient (Wildman–Crippen LogP) is 12.8. The third-order valence-electron chi connectivity index (χ3n) is 6.89. The minimum atomic E-state index is 0. The number of fused-ring (bicyclic) bond motifs is 3. The van der Waals surface area contributed by atoms with Crippen LogP contribution in [0.4, 0.5) is 0 Å². The molecule has 0 fully saturated rings. The fraction of sp³-hybridized carbons (Fsp3) is 0.244. The second-order valence-corrected chi connectivity index (χ2v) is 13.5. The van der Waals surface area contributed by atoms with Crippen molar-refractivity contribution in [3.63, 3.8) is 0 Å². The van der Waals surface area contributed by atoms with E-state index in [-0.39, 0.29) is 35.6 Å². The van der Waals surface area contributed by atoms with E-state index in [4.69, 9.17) is 23.2 Å². The Labute approximate surface area is 316 Å². The van der Waals surface area contributed by atoms with Crippen LogP contribution in [-0.2, 0) is 41.5 Å². The number of hydrogen-bond acceptors (Lipinski definition) is 0. The molecule has 0 N–H and O–H groups in total. The van der Waals surface area contributed by atoms with Gasteiger partial charge in [0.15, 0.2) is 0 Å². The van der Waals surface area contributed by atoms with Gasteiger partial charge in [-0.1, -0.05) is 112 Å². The van der Waals surface area contributed by atoms with Gasteiger partial charge in [0.25, 0.3) is 0 Å². The van der Waals surface area contributed by atoms with Crippen molar-refractivity contribution in [1.82, 2.24) is 0 Å². The van der Waals surface area contributed by atoms with Crippen molar-refractivity contribution in [2.75, 3.05) is 0 Å². The summed E-state index contributed by atoms with van der Waals surface area (Å²) in [5, 5.41) is 1.50. The zero-order valence-corrected chi connectivity index (χ0v) is 33.4. The van der Waals surface area contributed by atoms with Gasteiger partial charge in [0.05, 0.1) is 0 Å². The van der Waals surface area contributed by atoms with Gasteiger partial charge >= 0.3 is 28.4 Å². The maximum absolute atomic E-state index is 5.60. The molecule has 0 spiro atoms. The molecule has 0 radical (unpaired) electrons. The van der Waals surface area contributed by atoms with Crippen LogP contribution < -0.4 is 0 Å². The monoisotopic (exact) mass is 768 g/mol. The van der Waals surface area contributed by atoms with E-state index >= 15 is 0 Å². The molecular weight excluding hydrogens is 725 g/mol. The van der Waals surface area contributed by atoms with Crippen molar-refractivity contribution in [2.24, 2.45) is 0 Å². The molecular formula is C41H46Cl4Zr-4. The predicted molar refractivity (Wildman–Crippen MR) is 206 cm³/mol. The minimum absolute atomic E-state index is 0. The van der Waals surface area contributed by atoms with Gasteiger partial charge in [0.2, 0.25) is 0 Å². The molecule has 6 rings (SSSR count). The molecule has 0 bridgehead atoms. The normalized spacial score (nSPS) is 11.5. The maximum atomic E-state index is 5.60. The van der Waals surface area contributed by atoms with E-state index in [1.807, 2.05) is 60.7 Å². The molecule has 0 aromatic heterocycles. The number of hydrogen-bond donors (Lipinski definition) is 0. The molecule has 5 heteroatoms. The van der Waals surface area contributed by atoms with Crippen molar-refractivity contribution in [3.8, 4) is 11.1 Å². The Kier molecular flexibility index (Phi) is 20.2. The zero-order valence-electron chi connectivity index (χ0n) is 27.8. The van der Waals surface area contributed by atoms with E-state index in [1.165, 1.54) is 57.6 Å². The molecule has 0 atom stereocenters. The first-order valence-corrected chi connectivity index (χ1v) is 17.1. The third-order valence-corrected chi connectivity index (χ3v) is 7.36. The van der Waals surface area contributed by atoms with Crippen LogP contribution in [0.25, 0.3) is 11.1 Å². The summed E-state index contributed by atoms with van der Waals surface area (Å²) >= 11 is 12.5. The summed E-state index contributed by atoms with van der Waals surface area (Å²) < 4.78 is 3.34. The van der Waals surface area contributed by atoms with Crippen LogP contribution in [0.1, 0.15) is 81.3 Å². The molecule has 2 aliphatic carbocycles. The molecule has 0 amide bonds. The van der Waals surface area contributed by atoms with E-state index < -0.39 is 0 Å². The molecule has 0 unspecified atom stereocenters. The van der Waals surface area contributed by atoms with Gasteiger partial charge < -0.3 is 0 Å². The quantitative estimate of drug-likeness (QED) is 0.138. The van der Waals surface area contributed by atoms with E-state index in [0.29, 0.717) is 0 Å². The van der Waals surface area contributed by atoms with Crippen LogP contribution >= 0.6 is 48.0 Å². The number of rotatable bonds is 0. The molecule has 0 heterocycles. The van der Waals surface area contributed by atoms with Crippen LogP contribution in [0.2, 0.25) is 10.0 Å². The van der Waals surface area contributed by atoms with Gasteiger partial charge in [-0.3, -0.25) is 6.08 Å². The third kappa shape index (κ3) is 14.8. The first kappa shape index (κ1) is 44.0. The number of allylic oxidation sites excluding steroid dienone is 4. The topological polar surface area (TPSA) is 0 Å².